The van der Waals surface area contributed by atoms with Crippen molar-refractivity contribution in [1.29, 1.82) is 0 Å². The van der Waals surface area contributed by atoms with Gasteiger partial charge in [-0.15, -0.1) is 0 Å². The summed E-state index contributed by atoms with van der Waals surface area (Å²) in [6.07, 6.45) is 0.173. The number of aryl methyl sites for hydroxylation is 1. The maximum absolute atomic E-state index is 13.3. The molecule has 2 aromatic heterocycles. The average Bonchev–Trinajstić information content (AvgIpc) is 3.35. The van der Waals surface area contributed by atoms with Crippen LogP contribution in [0.25, 0.3) is 0 Å². The van der Waals surface area contributed by atoms with Crippen molar-refractivity contribution in [3.63, 3.8) is 0 Å². The number of aromatic nitrogens is 4. The van der Waals surface area contributed by atoms with E-state index in [2.05, 4.69) is 15.0 Å². The average molecular weight is 409 g/mol. The summed E-state index contributed by atoms with van der Waals surface area (Å²) in [5.41, 5.74) is -0.554. The molecule has 3 heterocycles. The summed E-state index contributed by atoms with van der Waals surface area (Å²) < 4.78 is 41.7. The molecule has 1 aliphatic rings. The third-order valence-corrected chi connectivity index (χ3v) is 5.35. The number of hydrogen-bond acceptors (Lipinski definition) is 4. The van der Waals surface area contributed by atoms with Crippen molar-refractivity contribution in [3.05, 3.63) is 41.5 Å². The predicted molar refractivity (Wildman–Crippen MR) is 101 cm³/mol. The van der Waals surface area contributed by atoms with Crippen LogP contribution in [-0.4, -0.2) is 43.4 Å². The standard InChI is InChI=1S/C20H26F3N5O/c1-5-17-24-7-9-28(17)13(4)19(29)27-8-6-14(11-27)18-25-15(12(2)3)10-16(26-18)20(21,22)23/h7,9-10,12-14H,5-6,8,11H2,1-4H3/t13-,14+/m1/s1. The maximum atomic E-state index is 13.3. The van der Waals surface area contributed by atoms with Gasteiger partial charge >= 0.3 is 6.18 Å². The summed E-state index contributed by atoms with van der Waals surface area (Å²) in [5.74, 6) is 0.467. The molecule has 0 spiro atoms. The van der Waals surface area contributed by atoms with E-state index in [0.717, 1.165) is 11.9 Å². The van der Waals surface area contributed by atoms with Crippen molar-refractivity contribution >= 4 is 5.91 Å². The number of carbonyl (C=O) groups is 1. The van der Waals surface area contributed by atoms with E-state index < -0.39 is 17.9 Å². The van der Waals surface area contributed by atoms with E-state index in [9.17, 15) is 18.0 Å². The van der Waals surface area contributed by atoms with E-state index in [-0.39, 0.29) is 23.6 Å². The number of alkyl halides is 3. The lowest BCUT2D eigenvalue weighted by molar-refractivity contribution is -0.141. The predicted octanol–water partition coefficient (Wildman–Crippen LogP) is 3.95. The van der Waals surface area contributed by atoms with Crippen molar-refractivity contribution in [3.8, 4) is 0 Å². The molecule has 9 heteroatoms. The van der Waals surface area contributed by atoms with Gasteiger partial charge in [0, 0.05) is 43.5 Å². The molecule has 2 aromatic rings. The van der Waals surface area contributed by atoms with E-state index in [0.29, 0.717) is 31.6 Å². The molecule has 0 radical (unpaired) electrons. The fourth-order valence-corrected chi connectivity index (χ4v) is 3.63. The summed E-state index contributed by atoms with van der Waals surface area (Å²) in [4.78, 5) is 27.1. The molecule has 158 valence electrons. The van der Waals surface area contributed by atoms with E-state index in [1.807, 2.05) is 18.4 Å². The third-order valence-electron chi connectivity index (χ3n) is 5.35. The minimum Gasteiger partial charge on any atom is -0.340 e. The first kappa shape index (κ1) is 21.3. The van der Waals surface area contributed by atoms with Gasteiger partial charge < -0.3 is 9.47 Å². The lowest BCUT2D eigenvalue weighted by Gasteiger charge is -2.23. The van der Waals surface area contributed by atoms with Crippen molar-refractivity contribution in [1.82, 2.24) is 24.4 Å². The number of hydrogen-bond donors (Lipinski definition) is 0. The number of halogens is 3. The Balaban J connectivity index is 1.80. The van der Waals surface area contributed by atoms with Gasteiger partial charge in [0.2, 0.25) is 5.91 Å². The summed E-state index contributed by atoms with van der Waals surface area (Å²) in [7, 11) is 0. The van der Waals surface area contributed by atoms with Crippen molar-refractivity contribution in [2.45, 2.75) is 64.6 Å². The van der Waals surface area contributed by atoms with Crippen LogP contribution in [0.2, 0.25) is 0 Å². The Kier molecular flexibility index (Phi) is 5.95. The Morgan fingerprint density at radius 1 is 1.28 bits per heavy atom. The molecule has 6 nitrogen and oxygen atoms in total. The summed E-state index contributed by atoms with van der Waals surface area (Å²) >= 11 is 0. The van der Waals surface area contributed by atoms with Gasteiger partial charge in [-0.25, -0.2) is 15.0 Å². The molecule has 3 rings (SSSR count). The SMILES string of the molecule is CCc1nccn1[C@H](C)C(=O)N1CC[C@H](c2nc(C(C)C)cc(C(F)(F)F)n2)C1. The highest BCUT2D eigenvalue weighted by molar-refractivity contribution is 5.80. The van der Waals surface area contributed by atoms with Crippen LogP contribution in [0.4, 0.5) is 13.2 Å². The van der Waals surface area contributed by atoms with Crippen LogP contribution in [0.5, 0.6) is 0 Å². The van der Waals surface area contributed by atoms with Crippen molar-refractivity contribution < 1.29 is 18.0 Å². The summed E-state index contributed by atoms with van der Waals surface area (Å²) in [6, 6.07) is 0.597. The minimum absolute atomic E-state index is 0.0729. The molecule has 1 saturated heterocycles. The monoisotopic (exact) mass is 409 g/mol. The van der Waals surface area contributed by atoms with Crippen LogP contribution >= 0.6 is 0 Å². The van der Waals surface area contributed by atoms with Gasteiger partial charge in [-0.1, -0.05) is 20.8 Å². The summed E-state index contributed by atoms with van der Waals surface area (Å²) in [5, 5.41) is 0. The lowest BCUT2D eigenvalue weighted by Crippen LogP contribution is -2.35. The first-order chi connectivity index (χ1) is 13.6. The van der Waals surface area contributed by atoms with Gasteiger partial charge in [-0.05, 0) is 25.3 Å². The molecule has 2 atom stereocenters. The molecule has 1 amide bonds. The molecule has 0 bridgehead atoms. The normalized spacial score (nSPS) is 18.5. The Labute approximate surface area is 168 Å². The number of imidazole rings is 1. The zero-order valence-electron chi connectivity index (χ0n) is 17.1. The molecular weight excluding hydrogens is 383 g/mol. The molecule has 1 fully saturated rings. The number of likely N-dealkylation sites (tertiary alicyclic amines) is 1. The molecule has 0 saturated carbocycles. The highest BCUT2D eigenvalue weighted by Gasteiger charge is 2.37. The van der Waals surface area contributed by atoms with Gasteiger partial charge in [0.25, 0.3) is 0 Å². The molecule has 0 aromatic carbocycles. The van der Waals surface area contributed by atoms with Crippen LogP contribution in [0.1, 0.15) is 75.0 Å². The second-order valence-electron chi connectivity index (χ2n) is 7.74. The Morgan fingerprint density at radius 3 is 2.62 bits per heavy atom. The van der Waals surface area contributed by atoms with Gasteiger partial charge in [0.1, 0.15) is 23.4 Å². The van der Waals surface area contributed by atoms with Crippen molar-refractivity contribution in [2.75, 3.05) is 13.1 Å². The first-order valence-electron chi connectivity index (χ1n) is 9.88. The molecule has 0 aliphatic carbocycles. The Bertz CT molecular complexity index is 877. The highest BCUT2D eigenvalue weighted by atomic mass is 19.4. The number of rotatable bonds is 5. The van der Waals surface area contributed by atoms with Crippen LogP contribution in [-0.2, 0) is 17.4 Å². The van der Waals surface area contributed by atoms with Crippen LogP contribution < -0.4 is 0 Å². The Hall–Kier alpha value is -2.45. The van der Waals surface area contributed by atoms with E-state index in [1.165, 1.54) is 0 Å². The van der Waals surface area contributed by atoms with Crippen LogP contribution in [0, 0.1) is 0 Å². The molecular formula is C20H26F3N5O. The van der Waals surface area contributed by atoms with E-state index in [4.69, 9.17) is 0 Å². The first-order valence-corrected chi connectivity index (χ1v) is 9.88. The van der Waals surface area contributed by atoms with E-state index >= 15 is 0 Å². The van der Waals surface area contributed by atoms with Crippen molar-refractivity contribution in [2.24, 2.45) is 0 Å². The fraction of sp³-hybridized carbons (Fsp3) is 0.600. The summed E-state index contributed by atoms with van der Waals surface area (Å²) in [6.45, 7) is 8.18. The highest BCUT2D eigenvalue weighted by Crippen LogP contribution is 2.33. The minimum atomic E-state index is -4.53. The second kappa shape index (κ2) is 8.12. The van der Waals surface area contributed by atoms with Gasteiger partial charge in [0.15, 0.2) is 0 Å². The lowest BCUT2D eigenvalue weighted by atomic mass is 10.1. The molecule has 1 aliphatic heterocycles. The van der Waals surface area contributed by atoms with Gasteiger partial charge in [-0.3, -0.25) is 4.79 Å². The molecule has 0 unspecified atom stereocenters. The van der Waals surface area contributed by atoms with E-state index in [1.54, 1.807) is 31.1 Å². The largest absolute Gasteiger partial charge is 0.433 e. The maximum Gasteiger partial charge on any atom is 0.433 e. The molecule has 29 heavy (non-hydrogen) atoms. The van der Waals surface area contributed by atoms with Gasteiger partial charge in [0.05, 0.1) is 0 Å². The van der Waals surface area contributed by atoms with Crippen LogP contribution in [0.3, 0.4) is 0 Å². The third kappa shape index (κ3) is 4.43. The smallest absolute Gasteiger partial charge is 0.340 e. The quantitative estimate of drug-likeness (QED) is 0.750. The zero-order valence-corrected chi connectivity index (χ0v) is 17.1. The molecule has 0 N–H and O–H groups in total. The van der Waals surface area contributed by atoms with Crippen LogP contribution in [0.15, 0.2) is 18.5 Å². The van der Waals surface area contributed by atoms with Gasteiger partial charge in [-0.2, -0.15) is 13.2 Å². The number of nitrogens with zero attached hydrogens (tertiary/aromatic N) is 5. The Morgan fingerprint density at radius 2 is 2.00 bits per heavy atom. The fourth-order valence-electron chi connectivity index (χ4n) is 3.63. The topological polar surface area (TPSA) is 63.9 Å². The number of carbonyl (C=O) groups excluding carboxylic acids is 1. The number of amides is 1. The second-order valence-corrected chi connectivity index (χ2v) is 7.74. The zero-order chi connectivity index (χ0) is 21.3.